The summed E-state index contributed by atoms with van der Waals surface area (Å²) in [6.45, 7) is 9.06. The number of esters is 1. The molecule has 52 heavy (non-hydrogen) atoms. The average molecular weight is 738 g/mol. The van der Waals surface area contributed by atoms with E-state index in [4.69, 9.17) is 35.3 Å². The zero-order chi connectivity index (χ0) is 37.1. The number of ether oxygens (including phenoxy) is 5. The average Bonchev–Trinajstić information content (AvgIpc) is 3.18. The first-order valence-electron chi connectivity index (χ1n) is 17.3. The Hall–Kier alpha value is -5.10. The Bertz CT molecular complexity index is 2000. The van der Waals surface area contributed by atoms with Crippen molar-refractivity contribution in [3.63, 3.8) is 0 Å². The Labute approximate surface area is 311 Å². The molecule has 0 fully saturated rings. The van der Waals surface area contributed by atoms with E-state index in [1.54, 1.807) is 39.3 Å². The number of halogens is 1. The number of benzene rings is 5. The minimum atomic E-state index is -1.88. The third kappa shape index (κ3) is 8.17. The van der Waals surface area contributed by atoms with Crippen LogP contribution >= 0.6 is 18.9 Å². The molecule has 6 rings (SSSR count). The number of hydrogen-bond acceptors (Lipinski definition) is 7. The van der Waals surface area contributed by atoms with Crippen LogP contribution in [0, 0.1) is 0 Å². The van der Waals surface area contributed by atoms with Gasteiger partial charge in [-0.3, -0.25) is 0 Å². The zero-order valence-corrected chi connectivity index (χ0v) is 32.2. The standard InChI is InChI=1S/C24H26ClNO6.C19H19P/c1-6-30-19-12-15-16(13-20(19)31-7-2)26-23(25)22(24(27)32-8-3)21(15)14-9-10-17(28-4)18(11-14)29-5;1-20(17-11-5-2-6-12-17,18-13-7-3-8-14-18)19-15-9-4-10-16-19/h9-13H,6-8H2,1-5H3;2-16,20H,1H3. The van der Waals surface area contributed by atoms with Gasteiger partial charge in [-0.2, -0.15) is 0 Å². The van der Waals surface area contributed by atoms with Crippen LogP contribution in [0.1, 0.15) is 31.1 Å². The number of methoxy groups -OCH3 is 2. The van der Waals surface area contributed by atoms with Crippen LogP contribution in [0.15, 0.2) is 121 Å². The van der Waals surface area contributed by atoms with Crippen molar-refractivity contribution in [2.24, 2.45) is 0 Å². The minimum absolute atomic E-state index is 0.0346. The Morgan fingerprint density at radius 2 is 1.13 bits per heavy atom. The van der Waals surface area contributed by atoms with E-state index in [0.29, 0.717) is 58.2 Å². The number of nitrogens with zero attached hydrogens (tertiary/aromatic N) is 1. The predicted molar refractivity (Wildman–Crippen MR) is 216 cm³/mol. The van der Waals surface area contributed by atoms with Crippen molar-refractivity contribution in [1.82, 2.24) is 4.98 Å². The van der Waals surface area contributed by atoms with Gasteiger partial charge in [-0.15, -0.1) is 0 Å². The molecule has 0 amide bonds. The Balaban J connectivity index is 0.000000223. The molecule has 6 aromatic rings. The number of rotatable bonds is 12. The summed E-state index contributed by atoms with van der Waals surface area (Å²) < 4.78 is 27.6. The summed E-state index contributed by atoms with van der Waals surface area (Å²) in [7, 11) is 1.23. The fourth-order valence-corrected chi connectivity index (χ4v) is 10.1. The van der Waals surface area contributed by atoms with Crippen LogP contribution in [-0.4, -0.2) is 51.7 Å². The van der Waals surface area contributed by atoms with Crippen LogP contribution in [0.4, 0.5) is 0 Å². The number of fused-ring (bicyclic) bond motifs is 1. The molecule has 0 aliphatic rings. The summed E-state index contributed by atoms with van der Waals surface area (Å²) in [6, 6.07) is 41.7. The van der Waals surface area contributed by atoms with Gasteiger partial charge >= 0.3 is 127 Å². The number of carbonyl (C=O) groups is 1. The van der Waals surface area contributed by atoms with Crippen molar-refractivity contribution in [1.29, 1.82) is 0 Å². The molecule has 1 aromatic heterocycles. The van der Waals surface area contributed by atoms with Gasteiger partial charge < -0.3 is 23.7 Å². The SMILES string of the molecule is CCOC(=O)c1c(Cl)nc2cc(OCC)c(OCC)cc2c1-c1ccc(OC)c(OC)c1.C[PH](c1ccccc1)(c1ccccc1)c1ccccc1. The summed E-state index contributed by atoms with van der Waals surface area (Å²) >= 11 is 6.51. The van der Waals surface area contributed by atoms with Gasteiger partial charge in [0.2, 0.25) is 0 Å². The first kappa shape index (κ1) is 38.1. The Morgan fingerprint density at radius 3 is 1.60 bits per heavy atom. The van der Waals surface area contributed by atoms with Gasteiger partial charge in [0.1, 0.15) is 10.7 Å². The molecule has 0 saturated carbocycles. The van der Waals surface area contributed by atoms with Crippen LogP contribution in [-0.2, 0) is 4.74 Å². The van der Waals surface area contributed by atoms with Crippen LogP contribution in [0.5, 0.6) is 23.0 Å². The molecule has 9 heteroatoms. The first-order chi connectivity index (χ1) is 25.3. The van der Waals surface area contributed by atoms with Crippen molar-refractivity contribution in [3.05, 3.63) is 132 Å². The molecule has 5 aromatic carbocycles. The topological polar surface area (TPSA) is 76.1 Å². The Kier molecular flexibility index (Phi) is 13.1. The van der Waals surface area contributed by atoms with Crippen molar-refractivity contribution >= 4 is 51.6 Å². The summed E-state index contributed by atoms with van der Waals surface area (Å²) in [5.41, 5.74) is 1.97. The van der Waals surface area contributed by atoms with Gasteiger partial charge in [0.05, 0.1) is 39.6 Å². The fourth-order valence-electron chi connectivity index (χ4n) is 6.27. The first-order valence-corrected chi connectivity index (χ1v) is 20.2. The summed E-state index contributed by atoms with van der Waals surface area (Å²) in [4.78, 5) is 17.4. The van der Waals surface area contributed by atoms with Gasteiger partial charge in [0.15, 0.2) is 23.0 Å². The molecule has 270 valence electrons. The quantitative estimate of drug-likeness (QED) is 0.0706. The molecule has 0 N–H and O–H groups in total. The maximum atomic E-state index is 12.9. The monoisotopic (exact) mass is 737 g/mol. The molecule has 0 unspecified atom stereocenters. The van der Waals surface area contributed by atoms with Gasteiger partial charge in [-0.1, -0.05) is 17.7 Å². The third-order valence-electron chi connectivity index (χ3n) is 8.81. The molecule has 0 aliphatic heterocycles. The molecule has 1 heterocycles. The van der Waals surface area contributed by atoms with Crippen molar-refractivity contribution in [3.8, 4) is 34.1 Å². The van der Waals surface area contributed by atoms with Crippen LogP contribution in [0.3, 0.4) is 0 Å². The van der Waals surface area contributed by atoms with E-state index in [-0.39, 0.29) is 17.3 Å². The van der Waals surface area contributed by atoms with Crippen molar-refractivity contribution in [2.75, 3.05) is 40.7 Å². The van der Waals surface area contributed by atoms with Crippen molar-refractivity contribution < 1.29 is 28.5 Å². The van der Waals surface area contributed by atoms with E-state index >= 15 is 0 Å². The predicted octanol–water partition coefficient (Wildman–Crippen LogP) is 8.89. The van der Waals surface area contributed by atoms with E-state index in [9.17, 15) is 4.79 Å². The number of carbonyl (C=O) groups excluding carboxylic acids is 1. The second kappa shape index (κ2) is 17.9. The van der Waals surface area contributed by atoms with E-state index in [1.807, 2.05) is 26.0 Å². The number of hydrogen-bond donors (Lipinski definition) is 0. The molecule has 0 spiro atoms. The molecule has 0 radical (unpaired) electrons. The number of aromatic nitrogens is 1. The second-order valence-corrected chi connectivity index (χ2v) is 16.2. The molecule has 0 bridgehead atoms. The number of pyridine rings is 1. The molecular weight excluding hydrogens is 693 g/mol. The zero-order valence-electron chi connectivity index (χ0n) is 30.4. The summed E-state index contributed by atoms with van der Waals surface area (Å²) in [6.07, 6.45) is 0. The normalized spacial score (nSPS) is 11.2. The van der Waals surface area contributed by atoms with Gasteiger partial charge in [-0.05, 0) is 44.5 Å². The maximum absolute atomic E-state index is 12.9. The molecule has 0 aliphatic carbocycles. The van der Waals surface area contributed by atoms with Crippen LogP contribution in [0.2, 0.25) is 5.15 Å². The van der Waals surface area contributed by atoms with Crippen molar-refractivity contribution in [2.45, 2.75) is 20.8 Å². The van der Waals surface area contributed by atoms with Crippen LogP contribution in [0.25, 0.3) is 22.0 Å². The van der Waals surface area contributed by atoms with Gasteiger partial charge in [-0.25, -0.2) is 9.78 Å². The second-order valence-electron chi connectivity index (χ2n) is 11.8. The summed E-state index contributed by atoms with van der Waals surface area (Å²) in [5, 5.41) is 5.07. The third-order valence-corrected chi connectivity index (χ3v) is 13.5. The van der Waals surface area contributed by atoms with Crippen LogP contribution < -0.4 is 34.9 Å². The fraction of sp³-hybridized carbons (Fsp3) is 0.209. The van der Waals surface area contributed by atoms with Gasteiger partial charge in [0, 0.05) is 17.0 Å². The van der Waals surface area contributed by atoms with E-state index < -0.39 is 13.2 Å². The molecular formula is C43H45ClNO6P. The van der Waals surface area contributed by atoms with E-state index in [0.717, 1.165) is 0 Å². The molecule has 7 nitrogen and oxygen atoms in total. The van der Waals surface area contributed by atoms with Gasteiger partial charge in [0.25, 0.3) is 0 Å². The molecule has 0 atom stereocenters. The summed E-state index contributed by atoms with van der Waals surface area (Å²) in [5.74, 6) is 1.60. The Morgan fingerprint density at radius 1 is 0.635 bits per heavy atom. The van der Waals surface area contributed by atoms with E-state index in [2.05, 4.69) is 103 Å². The molecule has 0 saturated heterocycles. The van der Waals surface area contributed by atoms with E-state index in [1.165, 1.54) is 15.9 Å².